The number of aromatic nitrogens is 2. The zero-order valence-corrected chi connectivity index (χ0v) is 14.9. The van der Waals surface area contributed by atoms with Gasteiger partial charge in [-0.1, -0.05) is 6.07 Å². The maximum Gasteiger partial charge on any atom is 0.213 e. The molecule has 1 aliphatic rings. The topological polar surface area (TPSA) is 71.4 Å². The van der Waals surface area contributed by atoms with Crippen molar-refractivity contribution in [1.82, 2.24) is 20.6 Å². The molecule has 0 aromatic carbocycles. The molecule has 0 saturated heterocycles. The van der Waals surface area contributed by atoms with Gasteiger partial charge in [0.1, 0.15) is 5.01 Å². The SMILES string of the molecule is CN=C(NCc1ccc(OCC2CC2)nc1)NCc1ncc(C)s1. The van der Waals surface area contributed by atoms with E-state index < -0.39 is 0 Å². The van der Waals surface area contributed by atoms with Gasteiger partial charge in [-0.05, 0) is 31.2 Å². The molecule has 2 aromatic rings. The van der Waals surface area contributed by atoms with Gasteiger partial charge in [-0.15, -0.1) is 11.3 Å². The molecular formula is C17H23N5OS. The highest BCUT2D eigenvalue weighted by Crippen LogP contribution is 2.29. The van der Waals surface area contributed by atoms with Gasteiger partial charge in [0.2, 0.25) is 5.88 Å². The molecule has 3 rings (SSSR count). The van der Waals surface area contributed by atoms with Crippen LogP contribution in [0.3, 0.4) is 0 Å². The fraction of sp³-hybridized carbons (Fsp3) is 0.471. The summed E-state index contributed by atoms with van der Waals surface area (Å²) in [5, 5.41) is 7.59. The van der Waals surface area contributed by atoms with Crippen LogP contribution in [0.15, 0.2) is 29.5 Å². The van der Waals surface area contributed by atoms with Crippen molar-refractivity contribution in [2.24, 2.45) is 10.9 Å². The van der Waals surface area contributed by atoms with Gasteiger partial charge in [-0.2, -0.15) is 0 Å². The van der Waals surface area contributed by atoms with Gasteiger partial charge in [0, 0.05) is 36.9 Å². The Morgan fingerprint density at radius 1 is 1.25 bits per heavy atom. The Balaban J connectivity index is 1.42. The zero-order valence-electron chi connectivity index (χ0n) is 14.1. The Bertz CT molecular complexity index is 679. The average molecular weight is 345 g/mol. The van der Waals surface area contributed by atoms with E-state index in [9.17, 15) is 0 Å². The second kappa shape index (κ2) is 8.10. The number of pyridine rings is 1. The number of aryl methyl sites for hydroxylation is 1. The molecule has 6 nitrogen and oxygen atoms in total. The van der Waals surface area contributed by atoms with E-state index in [0.29, 0.717) is 19.0 Å². The number of ether oxygens (including phenoxy) is 1. The molecule has 0 spiro atoms. The normalized spacial score (nSPS) is 14.5. The van der Waals surface area contributed by atoms with Crippen molar-refractivity contribution in [3.8, 4) is 5.88 Å². The number of hydrogen-bond acceptors (Lipinski definition) is 5. The lowest BCUT2D eigenvalue weighted by molar-refractivity contribution is 0.288. The van der Waals surface area contributed by atoms with Gasteiger partial charge in [-0.25, -0.2) is 9.97 Å². The lowest BCUT2D eigenvalue weighted by Gasteiger charge is -2.11. The maximum absolute atomic E-state index is 5.65. The average Bonchev–Trinajstić information content (AvgIpc) is 3.34. The largest absolute Gasteiger partial charge is 0.477 e. The molecule has 1 saturated carbocycles. The maximum atomic E-state index is 5.65. The minimum absolute atomic E-state index is 0.659. The molecule has 1 fully saturated rings. The van der Waals surface area contributed by atoms with Crippen LogP contribution in [-0.4, -0.2) is 29.6 Å². The fourth-order valence-electron chi connectivity index (χ4n) is 2.14. The zero-order chi connectivity index (χ0) is 16.8. The van der Waals surface area contributed by atoms with Crippen LogP contribution >= 0.6 is 11.3 Å². The molecule has 0 radical (unpaired) electrons. The second-order valence-electron chi connectivity index (χ2n) is 5.90. The van der Waals surface area contributed by atoms with Crippen LogP contribution in [0.4, 0.5) is 0 Å². The summed E-state index contributed by atoms with van der Waals surface area (Å²) in [6.45, 7) is 4.17. The van der Waals surface area contributed by atoms with Crippen molar-refractivity contribution >= 4 is 17.3 Å². The van der Waals surface area contributed by atoms with Crippen molar-refractivity contribution < 1.29 is 4.74 Å². The Hall–Kier alpha value is -2.15. The molecule has 2 N–H and O–H groups in total. The van der Waals surface area contributed by atoms with E-state index in [0.717, 1.165) is 29.1 Å². The highest BCUT2D eigenvalue weighted by molar-refractivity contribution is 7.11. The van der Waals surface area contributed by atoms with Gasteiger partial charge in [0.05, 0.1) is 13.2 Å². The summed E-state index contributed by atoms with van der Waals surface area (Å²) in [7, 11) is 1.76. The van der Waals surface area contributed by atoms with Gasteiger partial charge >= 0.3 is 0 Å². The van der Waals surface area contributed by atoms with Crippen molar-refractivity contribution in [2.75, 3.05) is 13.7 Å². The Morgan fingerprint density at radius 2 is 2.08 bits per heavy atom. The Morgan fingerprint density at radius 3 is 2.71 bits per heavy atom. The number of aliphatic imine (C=N–C) groups is 1. The van der Waals surface area contributed by atoms with Crippen molar-refractivity contribution in [2.45, 2.75) is 32.9 Å². The third-order valence-electron chi connectivity index (χ3n) is 3.72. The number of nitrogens with zero attached hydrogens (tertiary/aromatic N) is 3. The molecule has 1 aliphatic carbocycles. The van der Waals surface area contributed by atoms with Gasteiger partial charge in [0.15, 0.2) is 5.96 Å². The van der Waals surface area contributed by atoms with E-state index >= 15 is 0 Å². The number of nitrogens with one attached hydrogen (secondary N) is 2. The van der Waals surface area contributed by atoms with Crippen LogP contribution in [0.1, 0.15) is 28.3 Å². The van der Waals surface area contributed by atoms with E-state index in [1.807, 2.05) is 24.5 Å². The molecule has 0 bridgehead atoms. The molecule has 0 aliphatic heterocycles. The first-order valence-electron chi connectivity index (χ1n) is 8.16. The number of thiazole rings is 1. The molecule has 2 heterocycles. The summed E-state index contributed by atoms with van der Waals surface area (Å²) in [5.74, 6) is 2.19. The van der Waals surface area contributed by atoms with Crippen LogP contribution in [-0.2, 0) is 13.1 Å². The monoisotopic (exact) mass is 345 g/mol. The first-order chi connectivity index (χ1) is 11.7. The van der Waals surface area contributed by atoms with E-state index in [-0.39, 0.29) is 0 Å². The summed E-state index contributed by atoms with van der Waals surface area (Å²) in [6.07, 6.45) is 6.30. The van der Waals surface area contributed by atoms with Gasteiger partial charge < -0.3 is 15.4 Å². The predicted molar refractivity (Wildman–Crippen MR) is 96.3 cm³/mol. The predicted octanol–water partition coefficient (Wildman–Crippen LogP) is 2.50. The summed E-state index contributed by atoms with van der Waals surface area (Å²) in [6, 6.07) is 3.95. The number of hydrogen-bond donors (Lipinski definition) is 2. The first-order valence-corrected chi connectivity index (χ1v) is 8.98. The first kappa shape index (κ1) is 16.7. The molecule has 0 unspecified atom stereocenters. The number of guanidine groups is 1. The Labute approximate surface area is 146 Å². The summed E-state index contributed by atoms with van der Waals surface area (Å²) in [4.78, 5) is 14.1. The van der Waals surface area contributed by atoms with Gasteiger partial charge in [-0.3, -0.25) is 4.99 Å². The minimum Gasteiger partial charge on any atom is -0.477 e. The van der Waals surface area contributed by atoms with Crippen LogP contribution in [0.25, 0.3) is 0 Å². The Kier molecular flexibility index (Phi) is 5.63. The van der Waals surface area contributed by atoms with E-state index in [2.05, 4.69) is 32.5 Å². The van der Waals surface area contributed by atoms with Gasteiger partial charge in [0.25, 0.3) is 0 Å². The molecule has 0 amide bonds. The third-order valence-corrected chi connectivity index (χ3v) is 4.63. The molecule has 128 valence electrons. The quantitative estimate of drug-likeness (QED) is 0.596. The van der Waals surface area contributed by atoms with Crippen LogP contribution < -0.4 is 15.4 Å². The third kappa shape index (κ3) is 5.19. The highest BCUT2D eigenvalue weighted by Gasteiger charge is 2.21. The molecule has 24 heavy (non-hydrogen) atoms. The fourth-order valence-corrected chi connectivity index (χ4v) is 2.86. The van der Waals surface area contributed by atoms with E-state index in [1.54, 1.807) is 18.4 Å². The molecule has 2 aromatic heterocycles. The van der Waals surface area contributed by atoms with Crippen molar-refractivity contribution in [1.29, 1.82) is 0 Å². The highest BCUT2D eigenvalue weighted by atomic mass is 32.1. The minimum atomic E-state index is 0.659. The molecule has 7 heteroatoms. The smallest absolute Gasteiger partial charge is 0.213 e. The van der Waals surface area contributed by atoms with Crippen LogP contribution in [0.5, 0.6) is 5.88 Å². The van der Waals surface area contributed by atoms with Crippen molar-refractivity contribution in [3.63, 3.8) is 0 Å². The lowest BCUT2D eigenvalue weighted by Crippen LogP contribution is -2.36. The molecular weight excluding hydrogens is 322 g/mol. The number of rotatable bonds is 7. The van der Waals surface area contributed by atoms with Crippen LogP contribution in [0.2, 0.25) is 0 Å². The van der Waals surface area contributed by atoms with E-state index in [1.165, 1.54) is 17.7 Å². The van der Waals surface area contributed by atoms with E-state index in [4.69, 9.17) is 4.74 Å². The van der Waals surface area contributed by atoms with Crippen LogP contribution in [0, 0.1) is 12.8 Å². The summed E-state index contributed by atoms with van der Waals surface area (Å²) < 4.78 is 5.65. The standard InChI is InChI=1S/C17H23N5OS/c1-12-7-20-16(24-12)10-22-17(18-2)21-9-14-5-6-15(19-8-14)23-11-13-3-4-13/h5-8,13H,3-4,9-11H2,1-2H3,(H2,18,21,22). The van der Waals surface area contributed by atoms with Crippen molar-refractivity contribution in [3.05, 3.63) is 40.0 Å². The lowest BCUT2D eigenvalue weighted by atomic mass is 10.3. The summed E-state index contributed by atoms with van der Waals surface area (Å²) in [5.41, 5.74) is 1.09. The molecule has 0 atom stereocenters. The second-order valence-corrected chi connectivity index (χ2v) is 7.22. The summed E-state index contributed by atoms with van der Waals surface area (Å²) >= 11 is 1.69.